The Labute approximate surface area is 94.0 Å². The molecule has 2 nitrogen and oxygen atoms in total. The summed E-state index contributed by atoms with van der Waals surface area (Å²) in [5.74, 6) is 0. The number of nitrogens with zero attached hydrogens (tertiary/aromatic N) is 1. The summed E-state index contributed by atoms with van der Waals surface area (Å²) in [7, 11) is 0. The monoisotopic (exact) mass is 218 g/mol. The lowest BCUT2D eigenvalue weighted by Crippen LogP contribution is -2.17. The highest BCUT2D eigenvalue weighted by molar-refractivity contribution is 7.09. The van der Waals surface area contributed by atoms with E-state index in [-0.39, 0.29) is 0 Å². The smallest absolute Gasteiger partial charge is 0.0794 e. The van der Waals surface area contributed by atoms with Crippen molar-refractivity contribution in [3.8, 4) is 0 Å². The van der Waals surface area contributed by atoms with Crippen LogP contribution in [0.3, 0.4) is 0 Å². The summed E-state index contributed by atoms with van der Waals surface area (Å²) in [5, 5.41) is 3.47. The van der Waals surface area contributed by atoms with Crippen molar-refractivity contribution in [3.05, 3.63) is 52.5 Å². The van der Waals surface area contributed by atoms with E-state index < -0.39 is 0 Å². The summed E-state index contributed by atoms with van der Waals surface area (Å²) < 4.78 is 0. The average molecular weight is 218 g/mol. The SMILES string of the molecule is CC(NCc1cncs1)c1ccccc1. The molecule has 0 spiro atoms. The molecule has 0 radical (unpaired) electrons. The molecule has 1 N–H and O–H groups in total. The van der Waals surface area contributed by atoms with Crippen LogP contribution >= 0.6 is 11.3 Å². The molecule has 0 fully saturated rings. The van der Waals surface area contributed by atoms with E-state index >= 15 is 0 Å². The maximum Gasteiger partial charge on any atom is 0.0794 e. The van der Waals surface area contributed by atoms with Gasteiger partial charge in [-0.15, -0.1) is 11.3 Å². The predicted octanol–water partition coefficient (Wildman–Crippen LogP) is 2.99. The second kappa shape index (κ2) is 5.05. The molecular weight excluding hydrogens is 204 g/mol. The summed E-state index contributed by atoms with van der Waals surface area (Å²) in [5.41, 5.74) is 3.19. The maximum atomic E-state index is 4.05. The molecule has 0 aliphatic carbocycles. The molecule has 2 rings (SSSR count). The summed E-state index contributed by atoms with van der Waals surface area (Å²) in [6.07, 6.45) is 1.91. The summed E-state index contributed by atoms with van der Waals surface area (Å²) in [6.45, 7) is 3.07. The Morgan fingerprint density at radius 2 is 2.13 bits per heavy atom. The Hall–Kier alpha value is -1.19. The van der Waals surface area contributed by atoms with E-state index in [1.807, 2.05) is 17.8 Å². The van der Waals surface area contributed by atoms with Crippen molar-refractivity contribution in [2.75, 3.05) is 0 Å². The minimum absolute atomic E-state index is 0.383. The number of hydrogen-bond acceptors (Lipinski definition) is 3. The van der Waals surface area contributed by atoms with Gasteiger partial charge in [-0.3, -0.25) is 4.98 Å². The van der Waals surface area contributed by atoms with Crippen LogP contribution < -0.4 is 5.32 Å². The van der Waals surface area contributed by atoms with Crippen molar-refractivity contribution in [3.63, 3.8) is 0 Å². The molecule has 1 heterocycles. The first-order valence-corrected chi connectivity index (χ1v) is 5.90. The molecule has 15 heavy (non-hydrogen) atoms. The largest absolute Gasteiger partial charge is 0.305 e. The molecule has 0 saturated heterocycles. The molecular formula is C12H14N2S. The van der Waals surface area contributed by atoms with Gasteiger partial charge >= 0.3 is 0 Å². The Bertz CT molecular complexity index is 383. The third-order valence-corrected chi connectivity index (χ3v) is 3.15. The molecule has 1 aromatic heterocycles. The van der Waals surface area contributed by atoms with Gasteiger partial charge in [0.25, 0.3) is 0 Å². The summed E-state index contributed by atoms with van der Waals surface area (Å²) >= 11 is 1.69. The number of thiazole rings is 1. The van der Waals surface area contributed by atoms with Crippen LogP contribution in [-0.2, 0) is 6.54 Å². The molecule has 0 bridgehead atoms. The van der Waals surface area contributed by atoms with Crippen LogP contribution in [0, 0.1) is 0 Å². The van der Waals surface area contributed by atoms with Crippen LogP contribution in [0.15, 0.2) is 42.0 Å². The van der Waals surface area contributed by atoms with Gasteiger partial charge in [0, 0.05) is 23.7 Å². The lowest BCUT2D eigenvalue weighted by Gasteiger charge is -2.12. The van der Waals surface area contributed by atoms with Crippen LogP contribution in [0.25, 0.3) is 0 Å². The maximum absolute atomic E-state index is 4.05. The second-order valence-corrected chi connectivity index (χ2v) is 4.45. The van der Waals surface area contributed by atoms with E-state index in [0.717, 1.165) is 6.54 Å². The number of benzene rings is 1. The average Bonchev–Trinajstić information content (AvgIpc) is 2.80. The van der Waals surface area contributed by atoms with Gasteiger partial charge in [0.15, 0.2) is 0 Å². The Morgan fingerprint density at radius 3 is 2.80 bits per heavy atom. The zero-order chi connectivity index (χ0) is 10.5. The highest BCUT2D eigenvalue weighted by Crippen LogP contribution is 2.13. The number of hydrogen-bond donors (Lipinski definition) is 1. The molecule has 1 aromatic carbocycles. The normalized spacial score (nSPS) is 12.6. The molecule has 0 aliphatic heterocycles. The van der Waals surface area contributed by atoms with Crippen LogP contribution in [-0.4, -0.2) is 4.98 Å². The quantitative estimate of drug-likeness (QED) is 0.853. The molecule has 1 unspecified atom stereocenters. The van der Waals surface area contributed by atoms with E-state index in [0.29, 0.717) is 6.04 Å². The minimum atomic E-state index is 0.383. The van der Waals surface area contributed by atoms with Crippen molar-refractivity contribution in [1.82, 2.24) is 10.3 Å². The Morgan fingerprint density at radius 1 is 1.33 bits per heavy atom. The third kappa shape index (κ3) is 2.88. The predicted molar refractivity (Wildman–Crippen MR) is 63.8 cm³/mol. The van der Waals surface area contributed by atoms with Crippen LogP contribution in [0.1, 0.15) is 23.4 Å². The van der Waals surface area contributed by atoms with Crippen LogP contribution in [0.5, 0.6) is 0 Å². The van der Waals surface area contributed by atoms with Crippen molar-refractivity contribution >= 4 is 11.3 Å². The van der Waals surface area contributed by atoms with Gasteiger partial charge in [-0.1, -0.05) is 30.3 Å². The highest BCUT2D eigenvalue weighted by atomic mass is 32.1. The first kappa shape index (κ1) is 10.3. The van der Waals surface area contributed by atoms with E-state index in [4.69, 9.17) is 0 Å². The van der Waals surface area contributed by atoms with Gasteiger partial charge in [0.1, 0.15) is 0 Å². The summed E-state index contributed by atoms with van der Waals surface area (Å²) in [4.78, 5) is 5.33. The molecule has 0 amide bonds. The lowest BCUT2D eigenvalue weighted by molar-refractivity contribution is 0.578. The first-order chi connectivity index (χ1) is 7.36. The molecule has 1 atom stereocenters. The van der Waals surface area contributed by atoms with E-state index in [1.54, 1.807) is 11.3 Å². The van der Waals surface area contributed by atoms with E-state index in [1.165, 1.54) is 10.4 Å². The summed E-state index contributed by atoms with van der Waals surface area (Å²) in [6, 6.07) is 10.8. The molecule has 3 heteroatoms. The van der Waals surface area contributed by atoms with Gasteiger partial charge < -0.3 is 5.32 Å². The fraction of sp³-hybridized carbons (Fsp3) is 0.250. The zero-order valence-electron chi connectivity index (χ0n) is 8.68. The van der Waals surface area contributed by atoms with Gasteiger partial charge in [-0.2, -0.15) is 0 Å². The van der Waals surface area contributed by atoms with Gasteiger partial charge in [-0.25, -0.2) is 0 Å². The van der Waals surface area contributed by atoms with Gasteiger partial charge in [-0.05, 0) is 12.5 Å². The zero-order valence-corrected chi connectivity index (χ0v) is 9.50. The number of nitrogens with one attached hydrogen (secondary N) is 1. The Balaban J connectivity index is 1.90. The Kier molecular flexibility index (Phi) is 3.48. The van der Waals surface area contributed by atoms with E-state index in [2.05, 4.69) is 41.5 Å². The fourth-order valence-corrected chi connectivity index (χ4v) is 1.99. The van der Waals surface area contributed by atoms with Crippen molar-refractivity contribution in [2.45, 2.75) is 19.5 Å². The molecule has 2 aromatic rings. The topological polar surface area (TPSA) is 24.9 Å². The highest BCUT2D eigenvalue weighted by Gasteiger charge is 2.03. The third-order valence-electron chi connectivity index (χ3n) is 2.37. The molecule has 78 valence electrons. The second-order valence-electron chi connectivity index (χ2n) is 3.48. The van der Waals surface area contributed by atoms with Crippen LogP contribution in [0.4, 0.5) is 0 Å². The standard InChI is InChI=1S/C12H14N2S/c1-10(11-5-3-2-4-6-11)14-8-12-7-13-9-15-12/h2-7,9-10,14H,8H2,1H3. The van der Waals surface area contributed by atoms with Gasteiger partial charge in [0.05, 0.1) is 5.51 Å². The lowest BCUT2D eigenvalue weighted by atomic mass is 10.1. The number of aromatic nitrogens is 1. The van der Waals surface area contributed by atoms with Crippen molar-refractivity contribution in [1.29, 1.82) is 0 Å². The van der Waals surface area contributed by atoms with Crippen LogP contribution in [0.2, 0.25) is 0 Å². The van der Waals surface area contributed by atoms with Gasteiger partial charge in [0.2, 0.25) is 0 Å². The van der Waals surface area contributed by atoms with Crippen molar-refractivity contribution in [2.24, 2.45) is 0 Å². The van der Waals surface area contributed by atoms with E-state index in [9.17, 15) is 0 Å². The molecule has 0 aliphatic rings. The number of rotatable bonds is 4. The first-order valence-electron chi connectivity index (χ1n) is 5.02. The molecule has 0 saturated carbocycles. The van der Waals surface area contributed by atoms with Crippen molar-refractivity contribution < 1.29 is 0 Å². The minimum Gasteiger partial charge on any atom is -0.305 e. The fourth-order valence-electron chi connectivity index (χ4n) is 1.44.